The van der Waals surface area contributed by atoms with E-state index in [0.29, 0.717) is 10.7 Å². The number of urea groups is 1. The van der Waals surface area contributed by atoms with Crippen molar-refractivity contribution < 1.29 is 4.79 Å². The van der Waals surface area contributed by atoms with E-state index in [2.05, 4.69) is 15.6 Å². The van der Waals surface area contributed by atoms with Gasteiger partial charge < -0.3 is 10.6 Å². The lowest BCUT2D eigenvalue weighted by Crippen LogP contribution is -2.31. The van der Waals surface area contributed by atoms with E-state index in [0.717, 1.165) is 5.69 Å². The van der Waals surface area contributed by atoms with Crippen LogP contribution in [0.25, 0.3) is 0 Å². The molecule has 0 radical (unpaired) electrons. The van der Waals surface area contributed by atoms with Gasteiger partial charge in [-0.1, -0.05) is 23.7 Å². The van der Waals surface area contributed by atoms with Gasteiger partial charge in [-0.2, -0.15) is 0 Å². The zero-order valence-corrected chi connectivity index (χ0v) is 11.2. The number of amides is 2. The molecule has 1 heterocycles. The maximum Gasteiger partial charge on any atom is 0.319 e. The number of halogens is 1. The largest absolute Gasteiger partial charge is 0.330 e. The fraction of sp³-hybridized carbons (Fsp3) is 0.143. The molecule has 1 unspecified atom stereocenters. The minimum absolute atomic E-state index is 0.166. The number of carbonyl (C=O) groups is 1. The fourth-order valence-corrected chi connectivity index (χ4v) is 1.83. The third kappa shape index (κ3) is 3.96. The second-order valence-electron chi connectivity index (χ2n) is 4.09. The van der Waals surface area contributed by atoms with E-state index in [4.69, 9.17) is 11.6 Å². The second kappa shape index (κ2) is 6.20. The molecule has 2 aromatic rings. The first-order chi connectivity index (χ1) is 9.15. The van der Waals surface area contributed by atoms with Crippen LogP contribution in [0.15, 0.2) is 48.7 Å². The van der Waals surface area contributed by atoms with E-state index in [-0.39, 0.29) is 12.1 Å². The molecular weight excluding hydrogens is 262 g/mol. The van der Waals surface area contributed by atoms with Crippen LogP contribution in [0.1, 0.15) is 18.7 Å². The van der Waals surface area contributed by atoms with Crippen LogP contribution in [-0.2, 0) is 0 Å². The molecule has 4 nitrogen and oxygen atoms in total. The first-order valence-electron chi connectivity index (χ1n) is 5.89. The number of anilines is 1. The molecule has 0 aliphatic rings. The number of pyridine rings is 1. The SMILES string of the molecule is CC(NC(=O)Nc1cccc(Cl)c1)c1ccccn1. The summed E-state index contributed by atoms with van der Waals surface area (Å²) in [5, 5.41) is 6.11. The molecule has 0 saturated heterocycles. The Morgan fingerprint density at radius 2 is 2.11 bits per heavy atom. The molecular formula is C14H14ClN3O. The Labute approximate surface area is 116 Å². The van der Waals surface area contributed by atoms with Crippen molar-refractivity contribution in [2.24, 2.45) is 0 Å². The molecule has 1 aromatic heterocycles. The quantitative estimate of drug-likeness (QED) is 0.899. The molecule has 0 spiro atoms. The molecule has 1 atom stereocenters. The number of nitrogens with zero attached hydrogens (tertiary/aromatic N) is 1. The summed E-state index contributed by atoms with van der Waals surface area (Å²) in [6.07, 6.45) is 1.70. The van der Waals surface area contributed by atoms with Crippen LogP contribution in [0, 0.1) is 0 Å². The van der Waals surface area contributed by atoms with Crippen molar-refractivity contribution in [3.63, 3.8) is 0 Å². The number of rotatable bonds is 3. The van der Waals surface area contributed by atoms with E-state index < -0.39 is 0 Å². The van der Waals surface area contributed by atoms with Crippen molar-refractivity contribution in [2.45, 2.75) is 13.0 Å². The fourth-order valence-electron chi connectivity index (χ4n) is 1.64. The molecule has 5 heteroatoms. The molecule has 98 valence electrons. The highest BCUT2D eigenvalue weighted by atomic mass is 35.5. The Kier molecular flexibility index (Phi) is 4.36. The zero-order chi connectivity index (χ0) is 13.7. The van der Waals surface area contributed by atoms with Gasteiger partial charge in [0.05, 0.1) is 11.7 Å². The van der Waals surface area contributed by atoms with Crippen LogP contribution < -0.4 is 10.6 Å². The summed E-state index contributed by atoms with van der Waals surface area (Å²) >= 11 is 5.85. The Morgan fingerprint density at radius 1 is 1.26 bits per heavy atom. The molecule has 2 N–H and O–H groups in total. The highest BCUT2D eigenvalue weighted by Gasteiger charge is 2.10. The number of aromatic nitrogens is 1. The van der Waals surface area contributed by atoms with Crippen LogP contribution in [0.3, 0.4) is 0 Å². The van der Waals surface area contributed by atoms with Crippen LogP contribution in [-0.4, -0.2) is 11.0 Å². The Hall–Kier alpha value is -2.07. The summed E-state index contributed by atoms with van der Waals surface area (Å²) in [7, 11) is 0. The average molecular weight is 276 g/mol. The van der Waals surface area contributed by atoms with Gasteiger partial charge in [-0.05, 0) is 37.3 Å². The monoisotopic (exact) mass is 275 g/mol. The van der Waals surface area contributed by atoms with Crippen LogP contribution in [0.5, 0.6) is 0 Å². The third-order valence-corrected chi connectivity index (χ3v) is 2.80. The minimum atomic E-state index is -0.291. The predicted molar refractivity (Wildman–Crippen MR) is 76.3 cm³/mol. The van der Waals surface area contributed by atoms with Gasteiger partial charge in [-0.25, -0.2) is 4.79 Å². The van der Waals surface area contributed by atoms with Gasteiger partial charge in [0.25, 0.3) is 0 Å². The van der Waals surface area contributed by atoms with E-state index in [1.54, 1.807) is 30.5 Å². The summed E-state index contributed by atoms with van der Waals surface area (Å²) in [5.41, 5.74) is 1.46. The molecule has 0 aliphatic carbocycles. The average Bonchev–Trinajstić information content (AvgIpc) is 2.39. The molecule has 1 aromatic carbocycles. The van der Waals surface area contributed by atoms with Crippen LogP contribution in [0.4, 0.5) is 10.5 Å². The van der Waals surface area contributed by atoms with Crippen molar-refractivity contribution in [1.82, 2.24) is 10.3 Å². The topological polar surface area (TPSA) is 54.0 Å². The maximum atomic E-state index is 11.8. The molecule has 0 saturated carbocycles. The molecule has 2 amide bonds. The van der Waals surface area contributed by atoms with E-state index >= 15 is 0 Å². The van der Waals surface area contributed by atoms with Crippen LogP contribution >= 0.6 is 11.6 Å². The Bertz CT molecular complexity index is 560. The van der Waals surface area contributed by atoms with E-state index in [1.165, 1.54) is 0 Å². The predicted octanol–water partition coefficient (Wildman–Crippen LogP) is 3.62. The van der Waals surface area contributed by atoms with E-state index in [1.807, 2.05) is 25.1 Å². The Balaban J connectivity index is 1.95. The Morgan fingerprint density at radius 3 is 2.79 bits per heavy atom. The number of benzene rings is 1. The van der Waals surface area contributed by atoms with Crippen molar-refractivity contribution in [3.05, 3.63) is 59.4 Å². The lowest BCUT2D eigenvalue weighted by molar-refractivity contribution is 0.249. The first-order valence-corrected chi connectivity index (χ1v) is 6.27. The minimum Gasteiger partial charge on any atom is -0.330 e. The van der Waals surface area contributed by atoms with Crippen LogP contribution in [0.2, 0.25) is 5.02 Å². The molecule has 19 heavy (non-hydrogen) atoms. The first kappa shape index (κ1) is 13.4. The summed E-state index contributed by atoms with van der Waals surface area (Å²) in [6.45, 7) is 1.87. The molecule has 0 bridgehead atoms. The zero-order valence-electron chi connectivity index (χ0n) is 10.4. The molecule has 0 aliphatic heterocycles. The smallest absolute Gasteiger partial charge is 0.319 e. The number of carbonyl (C=O) groups excluding carboxylic acids is 1. The summed E-state index contributed by atoms with van der Waals surface area (Å²) in [6, 6.07) is 12.1. The highest BCUT2D eigenvalue weighted by Crippen LogP contribution is 2.15. The lowest BCUT2D eigenvalue weighted by atomic mass is 10.2. The molecule has 2 rings (SSSR count). The summed E-state index contributed by atoms with van der Waals surface area (Å²) in [4.78, 5) is 16.0. The second-order valence-corrected chi connectivity index (χ2v) is 4.52. The van der Waals surface area contributed by atoms with Gasteiger partial charge in [0.15, 0.2) is 0 Å². The maximum absolute atomic E-state index is 11.8. The van der Waals surface area contributed by atoms with Crippen molar-refractivity contribution in [2.75, 3.05) is 5.32 Å². The third-order valence-electron chi connectivity index (χ3n) is 2.56. The number of nitrogens with one attached hydrogen (secondary N) is 2. The number of hydrogen-bond acceptors (Lipinski definition) is 2. The number of hydrogen-bond donors (Lipinski definition) is 2. The van der Waals surface area contributed by atoms with Gasteiger partial charge in [0.2, 0.25) is 0 Å². The molecule has 0 fully saturated rings. The van der Waals surface area contributed by atoms with Crippen molar-refractivity contribution in [1.29, 1.82) is 0 Å². The van der Waals surface area contributed by atoms with Gasteiger partial charge >= 0.3 is 6.03 Å². The normalized spacial score (nSPS) is 11.7. The van der Waals surface area contributed by atoms with Gasteiger partial charge in [-0.3, -0.25) is 4.98 Å². The van der Waals surface area contributed by atoms with Crippen molar-refractivity contribution in [3.8, 4) is 0 Å². The van der Waals surface area contributed by atoms with Crippen molar-refractivity contribution >= 4 is 23.3 Å². The highest BCUT2D eigenvalue weighted by molar-refractivity contribution is 6.30. The standard InChI is InChI=1S/C14H14ClN3O/c1-10(13-7-2-3-8-16-13)17-14(19)18-12-6-4-5-11(15)9-12/h2-10H,1H3,(H2,17,18,19). The lowest BCUT2D eigenvalue weighted by Gasteiger charge is -2.14. The summed E-state index contributed by atoms with van der Waals surface area (Å²) in [5.74, 6) is 0. The van der Waals surface area contributed by atoms with Gasteiger partial charge in [-0.15, -0.1) is 0 Å². The van der Waals surface area contributed by atoms with Gasteiger partial charge in [0.1, 0.15) is 0 Å². The van der Waals surface area contributed by atoms with Gasteiger partial charge in [0, 0.05) is 16.9 Å². The summed E-state index contributed by atoms with van der Waals surface area (Å²) < 4.78 is 0. The van der Waals surface area contributed by atoms with E-state index in [9.17, 15) is 4.79 Å².